The van der Waals surface area contributed by atoms with Crippen LogP contribution in [0.1, 0.15) is 17.4 Å². The van der Waals surface area contributed by atoms with Gasteiger partial charge in [0.2, 0.25) is 0 Å². The molecule has 1 aromatic carbocycles. The Morgan fingerprint density at radius 1 is 1.50 bits per heavy atom. The van der Waals surface area contributed by atoms with Gasteiger partial charge in [-0.25, -0.2) is 9.18 Å². The molecule has 0 saturated carbocycles. The lowest BCUT2D eigenvalue weighted by Gasteiger charge is -1.99. The van der Waals surface area contributed by atoms with E-state index in [0.29, 0.717) is 11.3 Å². The predicted octanol–water partition coefficient (Wildman–Crippen LogP) is 3.05. The van der Waals surface area contributed by atoms with Crippen molar-refractivity contribution in [2.75, 3.05) is 6.61 Å². The Hall–Kier alpha value is -1.88. The molecule has 0 aliphatic rings. The molecule has 4 nitrogen and oxygen atoms in total. The normalized spacial score (nSPS) is 10.4. The number of nitrogens with zero attached hydrogens (tertiary/aromatic N) is 1. The fraction of sp³-hybridized carbons (Fsp3) is 0.167. The van der Waals surface area contributed by atoms with E-state index in [0.717, 1.165) is 0 Å². The summed E-state index contributed by atoms with van der Waals surface area (Å²) in [6, 6.07) is 5.48. The van der Waals surface area contributed by atoms with Gasteiger partial charge in [0, 0.05) is 5.56 Å². The van der Waals surface area contributed by atoms with Crippen molar-refractivity contribution in [1.82, 2.24) is 10.2 Å². The van der Waals surface area contributed by atoms with Crippen LogP contribution in [-0.4, -0.2) is 22.8 Å². The molecule has 18 heavy (non-hydrogen) atoms. The van der Waals surface area contributed by atoms with Crippen LogP contribution in [0.3, 0.4) is 0 Å². The molecule has 0 spiro atoms. The molecule has 94 valence electrons. The van der Waals surface area contributed by atoms with Gasteiger partial charge in [0.15, 0.2) is 0 Å². The highest BCUT2D eigenvalue weighted by Gasteiger charge is 2.13. The Morgan fingerprint density at radius 3 is 2.94 bits per heavy atom. The quantitative estimate of drug-likeness (QED) is 0.871. The van der Waals surface area contributed by atoms with Gasteiger partial charge in [-0.15, -0.1) is 0 Å². The average Bonchev–Trinajstić information content (AvgIpc) is 2.78. The number of aromatic amines is 1. The van der Waals surface area contributed by atoms with E-state index in [2.05, 4.69) is 10.2 Å². The fourth-order valence-electron chi connectivity index (χ4n) is 1.47. The summed E-state index contributed by atoms with van der Waals surface area (Å²) >= 11 is 5.90. The van der Waals surface area contributed by atoms with Gasteiger partial charge in [-0.1, -0.05) is 11.6 Å². The fourth-order valence-corrected chi connectivity index (χ4v) is 1.73. The first kappa shape index (κ1) is 12.6. The number of H-pyrrole nitrogens is 1. The van der Waals surface area contributed by atoms with Crippen LogP contribution in [0.4, 0.5) is 4.39 Å². The summed E-state index contributed by atoms with van der Waals surface area (Å²) in [5, 5.41) is 6.73. The Balaban J connectivity index is 2.32. The van der Waals surface area contributed by atoms with E-state index in [1.165, 1.54) is 24.3 Å². The number of carbonyl (C=O) groups is 1. The standard InChI is InChI=1S/C12H10ClFN2O2/c1-2-18-12(17)11-6-10(15-16-11)8-4-3-7(14)5-9(8)13/h3-6H,2H2,1H3,(H,15,16). The van der Waals surface area contributed by atoms with Crippen molar-refractivity contribution in [3.8, 4) is 11.3 Å². The molecule has 0 radical (unpaired) electrons. The number of aromatic nitrogens is 2. The van der Waals surface area contributed by atoms with Crippen LogP contribution in [0.15, 0.2) is 24.3 Å². The molecule has 0 bridgehead atoms. The second-order valence-electron chi connectivity index (χ2n) is 3.51. The van der Waals surface area contributed by atoms with E-state index in [4.69, 9.17) is 16.3 Å². The first-order valence-corrected chi connectivity index (χ1v) is 5.67. The molecule has 0 aliphatic carbocycles. The highest BCUT2D eigenvalue weighted by Crippen LogP contribution is 2.27. The summed E-state index contributed by atoms with van der Waals surface area (Å²) in [5.74, 6) is -0.917. The Labute approximate surface area is 108 Å². The zero-order valence-electron chi connectivity index (χ0n) is 9.54. The third-order valence-corrected chi connectivity index (χ3v) is 2.59. The smallest absolute Gasteiger partial charge is 0.356 e. The highest BCUT2D eigenvalue weighted by molar-refractivity contribution is 6.33. The number of ether oxygens (including phenoxy) is 1. The zero-order valence-corrected chi connectivity index (χ0v) is 10.3. The van der Waals surface area contributed by atoms with Crippen molar-refractivity contribution in [3.63, 3.8) is 0 Å². The van der Waals surface area contributed by atoms with Gasteiger partial charge in [0.25, 0.3) is 0 Å². The Morgan fingerprint density at radius 2 is 2.28 bits per heavy atom. The van der Waals surface area contributed by atoms with E-state index < -0.39 is 11.8 Å². The summed E-state index contributed by atoms with van der Waals surface area (Å²) in [6.45, 7) is 2.00. The number of halogens is 2. The SMILES string of the molecule is CCOC(=O)c1cc(-c2ccc(F)cc2Cl)n[nH]1. The molecule has 0 amide bonds. The minimum atomic E-state index is -0.491. The second kappa shape index (κ2) is 5.18. The summed E-state index contributed by atoms with van der Waals surface area (Å²) in [6.07, 6.45) is 0. The minimum Gasteiger partial charge on any atom is -0.461 e. The number of esters is 1. The topological polar surface area (TPSA) is 55.0 Å². The first-order valence-electron chi connectivity index (χ1n) is 5.29. The molecule has 1 N–H and O–H groups in total. The van der Waals surface area contributed by atoms with Crippen LogP contribution in [0.25, 0.3) is 11.3 Å². The predicted molar refractivity (Wildman–Crippen MR) is 64.9 cm³/mol. The van der Waals surface area contributed by atoms with Gasteiger partial charge in [0.05, 0.1) is 17.3 Å². The highest BCUT2D eigenvalue weighted by atomic mass is 35.5. The molecule has 2 aromatic rings. The number of hydrogen-bond donors (Lipinski definition) is 1. The van der Waals surface area contributed by atoms with E-state index in [1.807, 2.05) is 0 Å². The number of nitrogens with one attached hydrogen (secondary N) is 1. The lowest BCUT2D eigenvalue weighted by Crippen LogP contribution is -2.04. The maximum Gasteiger partial charge on any atom is 0.356 e. The maximum atomic E-state index is 12.9. The van der Waals surface area contributed by atoms with Crippen molar-refractivity contribution in [1.29, 1.82) is 0 Å². The van der Waals surface area contributed by atoms with E-state index in [1.54, 1.807) is 6.92 Å². The van der Waals surface area contributed by atoms with Gasteiger partial charge >= 0.3 is 5.97 Å². The van der Waals surface area contributed by atoms with Crippen molar-refractivity contribution >= 4 is 17.6 Å². The minimum absolute atomic E-state index is 0.229. The molecule has 0 atom stereocenters. The first-order chi connectivity index (χ1) is 8.61. The van der Waals surface area contributed by atoms with Gasteiger partial charge < -0.3 is 4.74 Å². The molecular formula is C12H10ClFN2O2. The summed E-state index contributed by atoms with van der Waals surface area (Å²) < 4.78 is 17.7. The molecular weight excluding hydrogens is 259 g/mol. The number of benzene rings is 1. The van der Waals surface area contributed by atoms with Gasteiger partial charge in [-0.05, 0) is 31.2 Å². The van der Waals surface area contributed by atoms with Crippen LogP contribution in [0.2, 0.25) is 5.02 Å². The second-order valence-corrected chi connectivity index (χ2v) is 3.92. The van der Waals surface area contributed by atoms with Crippen LogP contribution in [0, 0.1) is 5.82 Å². The van der Waals surface area contributed by atoms with E-state index in [9.17, 15) is 9.18 Å². The lowest BCUT2D eigenvalue weighted by molar-refractivity contribution is 0.0519. The largest absolute Gasteiger partial charge is 0.461 e. The monoisotopic (exact) mass is 268 g/mol. The Kier molecular flexibility index (Phi) is 3.62. The van der Waals surface area contributed by atoms with E-state index >= 15 is 0 Å². The van der Waals surface area contributed by atoms with Gasteiger partial charge in [0.1, 0.15) is 11.5 Å². The molecule has 0 unspecified atom stereocenters. The molecule has 2 rings (SSSR count). The average molecular weight is 269 g/mol. The zero-order chi connectivity index (χ0) is 13.1. The van der Waals surface area contributed by atoms with Crippen LogP contribution >= 0.6 is 11.6 Å². The lowest BCUT2D eigenvalue weighted by atomic mass is 10.1. The molecule has 0 aliphatic heterocycles. The van der Waals surface area contributed by atoms with E-state index in [-0.39, 0.29) is 17.3 Å². The Bertz CT molecular complexity index is 583. The summed E-state index contributed by atoms with van der Waals surface area (Å²) in [4.78, 5) is 11.4. The van der Waals surface area contributed by atoms with Crippen molar-refractivity contribution < 1.29 is 13.9 Å². The molecule has 0 fully saturated rings. The third kappa shape index (κ3) is 2.51. The van der Waals surface area contributed by atoms with Crippen LogP contribution in [0.5, 0.6) is 0 Å². The molecule has 1 aromatic heterocycles. The number of hydrogen-bond acceptors (Lipinski definition) is 3. The molecule has 0 saturated heterocycles. The summed E-state index contributed by atoms with van der Waals surface area (Å²) in [7, 11) is 0. The van der Waals surface area contributed by atoms with Crippen molar-refractivity contribution in [2.24, 2.45) is 0 Å². The number of carbonyl (C=O) groups excluding carboxylic acids is 1. The maximum absolute atomic E-state index is 12.9. The van der Waals surface area contributed by atoms with Gasteiger partial charge in [-0.2, -0.15) is 5.10 Å². The van der Waals surface area contributed by atoms with Crippen LogP contribution in [-0.2, 0) is 4.74 Å². The summed E-state index contributed by atoms with van der Waals surface area (Å²) in [5.41, 5.74) is 1.24. The van der Waals surface area contributed by atoms with Crippen molar-refractivity contribution in [2.45, 2.75) is 6.92 Å². The third-order valence-electron chi connectivity index (χ3n) is 2.28. The number of rotatable bonds is 3. The molecule has 1 heterocycles. The molecule has 6 heteroatoms. The van der Waals surface area contributed by atoms with Crippen LogP contribution < -0.4 is 0 Å². The van der Waals surface area contributed by atoms with Crippen molar-refractivity contribution in [3.05, 3.63) is 40.8 Å². The van der Waals surface area contributed by atoms with Gasteiger partial charge in [-0.3, -0.25) is 5.10 Å².